The second kappa shape index (κ2) is 8.08. The number of rotatable bonds is 5. The van der Waals surface area contributed by atoms with Gasteiger partial charge >= 0.3 is 0 Å². The van der Waals surface area contributed by atoms with Crippen molar-refractivity contribution >= 4 is 28.6 Å². The molecular weight excluding hydrogens is 378 g/mol. The van der Waals surface area contributed by atoms with Gasteiger partial charge in [-0.2, -0.15) is 9.97 Å². The zero-order valence-electron chi connectivity index (χ0n) is 16.7. The van der Waals surface area contributed by atoms with Crippen LogP contribution in [0.25, 0.3) is 22.4 Å². The molecule has 152 valence electrons. The normalized spacial score (nSPS) is 14.7. The maximum absolute atomic E-state index is 5.46. The molecule has 5 rings (SSSR count). The fourth-order valence-corrected chi connectivity index (χ4v) is 3.64. The summed E-state index contributed by atoms with van der Waals surface area (Å²) < 4.78 is 5.46. The second-order valence-corrected chi connectivity index (χ2v) is 7.40. The van der Waals surface area contributed by atoms with Gasteiger partial charge in [0, 0.05) is 36.7 Å². The Balaban J connectivity index is 1.42. The van der Waals surface area contributed by atoms with Crippen LogP contribution in [0, 0.1) is 6.92 Å². The molecule has 30 heavy (non-hydrogen) atoms. The smallest absolute Gasteiger partial charge is 0.231 e. The van der Waals surface area contributed by atoms with Crippen LogP contribution in [0.3, 0.4) is 0 Å². The molecule has 1 aliphatic heterocycles. The fraction of sp³-hybridized carbons (Fsp3) is 0.273. The molecule has 0 saturated carbocycles. The number of nitrogens with zero attached hydrogens (tertiary/aromatic N) is 4. The lowest BCUT2D eigenvalue weighted by Gasteiger charge is -2.23. The Morgan fingerprint density at radius 2 is 1.97 bits per heavy atom. The molecule has 4 aromatic rings. The molecule has 1 saturated heterocycles. The first-order valence-electron chi connectivity index (χ1n) is 10.1. The first-order valence-corrected chi connectivity index (χ1v) is 10.1. The van der Waals surface area contributed by atoms with E-state index in [1.807, 2.05) is 30.3 Å². The summed E-state index contributed by atoms with van der Waals surface area (Å²) in [5, 5.41) is 6.87. The number of aromatic nitrogens is 5. The molecule has 0 amide bonds. The number of pyridine rings is 1. The van der Waals surface area contributed by atoms with Crippen molar-refractivity contribution in [3.63, 3.8) is 0 Å². The van der Waals surface area contributed by atoms with Gasteiger partial charge in [-0.05, 0) is 49.6 Å². The van der Waals surface area contributed by atoms with Crippen molar-refractivity contribution in [2.24, 2.45) is 0 Å². The van der Waals surface area contributed by atoms with Gasteiger partial charge < -0.3 is 20.4 Å². The Morgan fingerprint density at radius 1 is 1.07 bits per heavy atom. The van der Waals surface area contributed by atoms with E-state index in [0.717, 1.165) is 59.9 Å². The number of hydrogen-bond acceptors (Lipinski definition) is 7. The van der Waals surface area contributed by atoms with Crippen molar-refractivity contribution < 1.29 is 4.74 Å². The zero-order valence-corrected chi connectivity index (χ0v) is 16.7. The van der Waals surface area contributed by atoms with E-state index in [-0.39, 0.29) is 0 Å². The van der Waals surface area contributed by atoms with Gasteiger partial charge in [-0.3, -0.25) is 4.98 Å². The summed E-state index contributed by atoms with van der Waals surface area (Å²) in [5.74, 6) is 1.26. The minimum Gasteiger partial charge on any atom is -0.381 e. The maximum atomic E-state index is 5.46. The molecular formula is C22H23N7O. The Bertz CT molecular complexity index is 1150. The third-order valence-corrected chi connectivity index (χ3v) is 5.27. The highest BCUT2D eigenvalue weighted by Gasteiger charge is 2.18. The standard InChI is InChI=1S/C22H23N7O/c1-14-12-15(18-4-2-3-9-23-18)5-6-17(14)27-22-28-20-19(24-13-25-20)21(29-22)26-16-7-10-30-11-8-16/h2-6,9,12-13,16H,7-8,10-11H2,1H3,(H3,24,25,26,27,28,29). The number of ether oxygens (including phenoxy) is 1. The third kappa shape index (κ3) is 3.81. The predicted molar refractivity (Wildman–Crippen MR) is 117 cm³/mol. The van der Waals surface area contributed by atoms with Crippen LogP contribution >= 0.6 is 0 Å². The zero-order chi connectivity index (χ0) is 20.3. The van der Waals surface area contributed by atoms with E-state index in [1.54, 1.807) is 12.5 Å². The van der Waals surface area contributed by atoms with E-state index < -0.39 is 0 Å². The van der Waals surface area contributed by atoms with Crippen LogP contribution in [-0.4, -0.2) is 44.2 Å². The van der Waals surface area contributed by atoms with Crippen LogP contribution in [0.2, 0.25) is 0 Å². The van der Waals surface area contributed by atoms with E-state index in [2.05, 4.69) is 43.6 Å². The van der Waals surface area contributed by atoms with Crippen molar-refractivity contribution in [2.75, 3.05) is 23.8 Å². The first kappa shape index (κ1) is 18.5. The Labute approximate surface area is 174 Å². The Hall–Kier alpha value is -3.52. The van der Waals surface area contributed by atoms with Gasteiger partial charge in [-0.1, -0.05) is 12.1 Å². The van der Waals surface area contributed by atoms with Crippen molar-refractivity contribution in [1.29, 1.82) is 0 Å². The lowest BCUT2D eigenvalue weighted by molar-refractivity contribution is 0.0904. The van der Waals surface area contributed by atoms with E-state index in [4.69, 9.17) is 9.72 Å². The van der Waals surface area contributed by atoms with Crippen LogP contribution in [0.4, 0.5) is 17.5 Å². The van der Waals surface area contributed by atoms with Crippen LogP contribution in [0.15, 0.2) is 48.9 Å². The molecule has 0 atom stereocenters. The summed E-state index contributed by atoms with van der Waals surface area (Å²) in [7, 11) is 0. The van der Waals surface area contributed by atoms with Gasteiger partial charge in [0.15, 0.2) is 11.5 Å². The van der Waals surface area contributed by atoms with Gasteiger partial charge in [0.1, 0.15) is 5.52 Å². The molecule has 0 bridgehead atoms. The predicted octanol–water partition coefficient (Wildman–Crippen LogP) is 4.06. The largest absolute Gasteiger partial charge is 0.381 e. The number of H-pyrrole nitrogens is 1. The SMILES string of the molecule is Cc1cc(-c2ccccn2)ccc1Nc1nc(NC2CCOCC2)c2nc[nH]c2n1. The number of aryl methyl sites for hydroxylation is 1. The van der Waals surface area contributed by atoms with E-state index >= 15 is 0 Å². The number of anilines is 3. The van der Waals surface area contributed by atoms with Crippen LogP contribution < -0.4 is 10.6 Å². The number of aromatic amines is 1. The average Bonchev–Trinajstić information content (AvgIpc) is 3.26. The molecule has 8 nitrogen and oxygen atoms in total. The van der Waals surface area contributed by atoms with E-state index in [0.29, 0.717) is 17.6 Å². The Kier molecular flexibility index (Phi) is 4.98. The van der Waals surface area contributed by atoms with E-state index in [1.165, 1.54) is 0 Å². The van der Waals surface area contributed by atoms with Gasteiger partial charge in [0.05, 0.1) is 12.0 Å². The molecule has 1 aliphatic rings. The topological polar surface area (TPSA) is 101 Å². The molecule has 1 fully saturated rings. The molecule has 0 radical (unpaired) electrons. The molecule has 0 spiro atoms. The number of hydrogen-bond donors (Lipinski definition) is 3. The molecule has 8 heteroatoms. The first-order chi connectivity index (χ1) is 14.8. The number of imidazole rings is 1. The minimum atomic E-state index is 0.320. The highest BCUT2D eigenvalue weighted by atomic mass is 16.5. The lowest BCUT2D eigenvalue weighted by atomic mass is 10.1. The van der Waals surface area contributed by atoms with Crippen LogP contribution in [0.1, 0.15) is 18.4 Å². The molecule has 1 aromatic carbocycles. The van der Waals surface area contributed by atoms with Gasteiger partial charge in [0.25, 0.3) is 0 Å². The van der Waals surface area contributed by atoms with E-state index in [9.17, 15) is 0 Å². The fourth-order valence-electron chi connectivity index (χ4n) is 3.64. The third-order valence-electron chi connectivity index (χ3n) is 5.27. The highest BCUT2D eigenvalue weighted by Crippen LogP contribution is 2.27. The Morgan fingerprint density at radius 3 is 2.77 bits per heavy atom. The summed E-state index contributed by atoms with van der Waals surface area (Å²) in [5.41, 5.74) is 5.51. The molecule has 4 heterocycles. The number of benzene rings is 1. The second-order valence-electron chi connectivity index (χ2n) is 7.40. The summed E-state index contributed by atoms with van der Waals surface area (Å²) >= 11 is 0. The van der Waals surface area contributed by atoms with Crippen molar-refractivity contribution in [2.45, 2.75) is 25.8 Å². The van der Waals surface area contributed by atoms with Gasteiger partial charge in [-0.25, -0.2) is 4.98 Å². The summed E-state index contributed by atoms with van der Waals surface area (Å²) in [6, 6.07) is 12.4. The van der Waals surface area contributed by atoms with Crippen molar-refractivity contribution in [3.8, 4) is 11.3 Å². The van der Waals surface area contributed by atoms with Crippen LogP contribution in [0.5, 0.6) is 0 Å². The van der Waals surface area contributed by atoms with Crippen molar-refractivity contribution in [1.82, 2.24) is 24.9 Å². The number of fused-ring (bicyclic) bond motifs is 1. The summed E-state index contributed by atoms with van der Waals surface area (Å²) in [6.07, 6.45) is 5.35. The molecule has 0 unspecified atom stereocenters. The van der Waals surface area contributed by atoms with Crippen LogP contribution in [-0.2, 0) is 4.74 Å². The van der Waals surface area contributed by atoms with Gasteiger partial charge in [0.2, 0.25) is 5.95 Å². The monoisotopic (exact) mass is 401 g/mol. The lowest BCUT2D eigenvalue weighted by Crippen LogP contribution is -2.28. The summed E-state index contributed by atoms with van der Waals surface area (Å²) in [6.45, 7) is 3.59. The van der Waals surface area contributed by atoms with Crippen molar-refractivity contribution in [3.05, 3.63) is 54.5 Å². The molecule has 3 aromatic heterocycles. The number of nitrogens with one attached hydrogen (secondary N) is 3. The molecule has 0 aliphatic carbocycles. The minimum absolute atomic E-state index is 0.320. The maximum Gasteiger partial charge on any atom is 0.231 e. The highest BCUT2D eigenvalue weighted by molar-refractivity contribution is 5.84. The molecule has 3 N–H and O–H groups in total. The average molecular weight is 401 g/mol. The quantitative estimate of drug-likeness (QED) is 0.464. The van der Waals surface area contributed by atoms with Gasteiger partial charge in [-0.15, -0.1) is 0 Å². The summed E-state index contributed by atoms with van der Waals surface area (Å²) in [4.78, 5) is 21.2.